The monoisotopic (exact) mass is 318 g/mol. The Labute approximate surface area is 130 Å². The quantitative estimate of drug-likeness (QED) is 0.923. The summed E-state index contributed by atoms with van der Waals surface area (Å²) in [5.74, 6) is 0.907. The van der Waals surface area contributed by atoms with Crippen molar-refractivity contribution in [2.45, 2.75) is 25.3 Å². The molecule has 1 aromatic rings. The van der Waals surface area contributed by atoms with Crippen molar-refractivity contribution < 1.29 is 13.5 Å². The summed E-state index contributed by atoms with van der Waals surface area (Å²) < 4.78 is 31.4. The van der Waals surface area contributed by atoms with E-state index in [1.807, 2.05) is 12.1 Å². The molecule has 2 aliphatic heterocycles. The maximum atomic E-state index is 12.9. The molecule has 1 N–H and O–H groups in total. The number of ether oxygens (including phenoxy) is 1. The molecule has 1 fully saturated rings. The first-order valence-corrected chi connectivity index (χ1v) is 7.22. The molecule has 1 atom stereocenters. The molecule has 2 aliphatic rings. The minimum absolute atomic E-state index is 0. The fraction of sp³-hybridized carbons (Fsp3) is 0.600. The highest BCUT2D eigenvalue weighted by atomic mass is 35.5. The predicted octanol–water partition coefficient (Wildman–Crippen LogP) is 2.64. The molecule has 0 amide bonds. The van der Waals surface area contributed by atoms with Crippen LogP contribution in [0.15, 0.2) is 18.2 Å². The van der Waals surface area contributed by atoms with E-state index in [1.165, 1.54) is 0 Å². The Morgan fingerprint density at radius 2 is 2.00 bits per heavy atom. The van der Waals surface area contributed by atoms with Crippen LogP contribution in [0, 0.1) is 0 Å². The van der Waals surface area contributed by atoms with Crippen LogP contribution >= 0.6 is 12.4 Å². The van der Waals surface area contributed by atoms with Crippen LogP contribution in [-0.2, 0) is 6.42 Å². The van der Waals surface area contributed by atoms with Crippen LogP contribution in [0.1, 0.15) is 23.6 Å². The van der Waals surface area contributed by atoms with Gasteiger partial charge in [-0.1, -0.05) is 12.1 Å². The lowest BCUT2D eigenvalue weighted by atomic mass is 9.98. The molecule has 3 nitrogen and oxygen atoms in total. The van der Waals surface area contributed by atoms with Crippen LogP contribution in [-0.4, -0.2) is 44.1 Å². The molecule has 0 spiro atoms. The highest BCUT2D eigenvalue weighted by molar-refractivity contribution is 5.85. The van der Waals surface area contributed by atoms with Crippen molar-refractivity contribution >= 4 is 12.4 Å². The fourth-order valence-electron chi connectivity index (χ4n) is 3.07. The SMILES string of the molecule is Cl.FC(F)C[C@@H](c1ccc2c(c1)CCO2)N1CCNCC1. The van der Waals surface area contributed by atoms with Crippen LogP contribution < -0.4 is 10.1 Å². The fourth-order valence-corrected chi connectivity index (χ4v) is 3.07. The van der Waals surface area contributed by atoms with Gasteiger partial charge in [0.2, 0.25) is 6.43 Å². The van der Waals surface area contributed by atoms with Crippen molar-refractivity contribution in [1.29, 1.82) is 0 Å². The molecule has 0 unspecified atom stereocenters. The van der Waals surface area contributed by atoms with Gasteiger partial charge in [0.15, 0.2) is 0 Å². The number of alkyl halides is 2. The van der Waals surface area contributed by atoms with Gasteiger partial charge in [0, 0.05) is 45.1 Å². The second-order valence-electron chi connectivity index (χ2n) is 5.39. The molecule has 0 aromatic heterocycles. The van der Waals surface area contributed by atoms with Crippen molar-refractivity contribution in [2.75, 3.05) is 32.8 Å². The van der Waals surface area contributed by atoms with Gasteiger partial charge in [-0.3, -0.25) is 4.90 Å². The Hall–Kier alpha value is -0.910. The number of fused-ring (bicyclic) bond motifs is 1. The van der Waals surface area contributed by atoms with Crippen molar-refractivity contribution in [3.8, 4) is 5.75 Å². The van der Waals surface area contributed by atoms with E-state index in [0.717, 1.165) is 49.5 Å². The molecule has 21 heavy (non-hydrogen) atoms. The molecule has 0 saturated carbocycles. The summed E-state index contributed by atoms with van der Waals surface area (Å²) in [4.78, 5) is 2.17. The van der Waals surface area contributed by atoms with E-state index in [9.17, 15) is 8.78 Å². The van der Waals surface area contributed by atoms with Gasteiger partial charge in [-0.2, -0.15) is 0 Å². The van der Waals surface area contributed by atoms with Gasteiger partial charge in [0.05, 0.1) is 6.61 Å². The van der Waals surface area contributed by atoms with Crippen LogP contribution in [0.5, 0.6) is 5.75 Å². The molecule has 1 saturated heterocycles. The van der Waals surface area contributed by atoms with E-state index in [-0.39, 0.29) is 24.9 Å². The van der Waals surface area contributed by atoms with E-state index < -0.39 is 6.43 Å². The Morgan fingerprint density at radius 3 is 2.71 bits per heavy atom. The molecule has 118 valence electrons. The van der Waals surface area contributed by atoms with Gasteiger partial charge in [-0.25, -0.2) is 8.78 Å². The highest BCUT2D eigenvalue weighted by Gasteiger charge is 2.26. The number of nitrogens with one attached hydrogen (secondary N) is 1. The number of hydrogen-bond donors (Lipinski definition) is 1. The summed E-state index contributed by atoms with van der Waals surface area (Å²) in [6.45, 7) is 4.09. The van der Waals surface area contributed by atoms with Crippen LogP contribution in [0.2, 0.25) is 0 Å². The number of halogens is 3. The summed E-state index contributed by atoms with van der Waals surface area (Å²) in [6.07, 6.45) is -1.49. The Morgan fingerprint density at radius 1 is 1.24 bits per heavy atom. The standard InChI is InChI=1S/C15H20F2N2O.ClH/c16-15(17)10-13(19-6-4-18-5-7-19)11-1-2-14-12(9-11)3-8-20-14;/h1-2,9,13,15,18H,3-8,10H2;1H/t13-;/m0./s1. The lowest BCUT2D eigenvalue weighted by molar-refractivity contribution is 0.0739. The number of piperazine rings is 1. The van der Waals surface area contributed by atoms with E-state index in [1.54, 1.807) is 0 Å². The minimum Gasteiger partial charge on any atom is -0.493 e. The van der Waals surface area contributed by atoms with Crippen LogP contribution in [0.25, 0.3) is 0 Å². The Bertz CT molecular complexity index is 467. The molecule has 0 bridgehead atoms. The molecule has 0 aliphatic carbocycles. The smallest absolute Gasteiger partial charge is 0.240 e. The van der Waals surface area contributed by atoms with Gasteiger partial charge < -0.3 is 10.1 Å². The molecular weight excluding hydrogens is 298 g/mol. The van der Waals surface area contributed by atoms with Gasteiger partial charge in [-0.05, 0) is 17.2 Å². The average Bonchev–Trinajstić information content (AvgIpc) is 2.93. The summed E-state index contributed by atoms with van der Waals surface area (Å²) in [6, 6.07) is 5.73. The van der Waals surface area contributed by atoms with Crippen LogP contribution in [0.4, 0.5) is 8.78 Å². The molecule has 2 heterocycles. The number of nitrogens with zero attached hydrogens (tertiary/aromatic N) is 1. The molecule has 6 heteroatoms. The zero-order chi connectivity index (χ0) is 13.9. The summed E-state index contributed by atoms with van der Waals surface area (Å²) in [5, 5.41) is 3.27. The van der Waals surface area contributed by atoms with Gasteiger partial charge in [-0.15, -0.1) is 12.4 Å². The Balaban J connectivity index is 0.00000161. The number of hydrogen-bond acceptors (Lipinski definition) is 3. The van der Waals surface area contributed by atoms with Crippen LogP contribution in [0.3, 0.4) is 0 Å². The number of benzene rings is 1. The third-order valence-corrected chi connectivity index (χ3v) is 4.09. The predicted molar refractivity (Wildman–Crippen MR) is 80.7 cm³/mol. The van der Waals surface area contributed by atoms with Crippen molar-refractivity contribution in [2.24, 2.45) is 0 Å². The first-order chi connectivity index (χ1) is 9.74. The number of rotatable bonds is 4. The van der Waals surface area contributed by atoms with Crippen molar-refractivity contribution in [3.63, 3.8) is 0 Å². The maximum absolute atomic E-state index is 12.9. The second kappa shape index (κ2) is 7.38. The van der Waals surface area contributed by atoms with Gasteiger partial charge >= 0.3 is 0 Å². The molecule has 3 rings (SSSR count). The minimum atomic E-state index is -2.28. The van der Waals surface area contributed by atoms with E-state index in [2.05, 4.69) is 16.3 Å². The normalized spacial score (nSPS) is 19.8. The van der Waals surface area contributed by atoms with E-state index in [4.69, 9.17) is 4.74 Å². The van der Waals surface area contributed by atoms with Gasteiger partial charge in [0.25, 0.3) is 0 Å². The zero-order valence-corrected chi connectivity index (χ0v) is 12.7. The molecule has 1 aromatic carbocycles. The summed E-state index contributed by atoms with van der Waals surface area (Å²) in [7, 11) is 0. The Kier molecular flexibility index (Phi) is 5.79. The first kappa shape index (κ1) is 16.5. The lowest BCUT2D eigenvalue weighted by Crippen LogP contribution is -2.45. The summed E-state index contributed by atoms with van der Waals surface area (Å²) >= 11 is 0. The van der Waals surface area contributed by atoms with E-state index >= 15 is 0 Å². The van der Waals surface area contributed by atoms with Crippen molar-refractivity contribution in [1.82, 2.24) is 10.2 Å². The topological polar surface area (TPSA) is 24.5 Å². The average molecular weight is 319 g/mol. The molecular formula is C15H21ClF2N2O. The highest BCUT2D eigenvalue weighted by Crippen LogP contribution is 2.33. The third kappa shape index (κ3) is 3.84. The zero-order valence-electron chi connectivity index (χ0n) is 11.9. The summed E-state index contributed by atoms with van der Waals surface area (Å²) in [5.41, 5.74) is 2.15. The van der Waals surface area contributed by atoms with Crippen molar-refractivity contribution in [3.05, 3.63) is 29.3 Å². The van der Waals surface area contributed by atoms with E-state index in [0.29, 0.717) is 6.61 Å². The molecule has 0 radical (unpaired) electrons. The van der Waals surface area contributed by atoms with Gasteiger partial charge in [0.1, 0.15) is 5.75 Å². The lowest BCUT2D eigenvalue weighted by Gasteiger charge is -2.35. The maximum Gasteiger partial charge on any atom is 0.240 e. The third-order valence-electron chi connectivity index (χ3n) is 4.09. The second-order valence-corrected chi connectivity index (χ2v) is 5.39. The first-order valence-electron chi connectivity index (χ1n) is 7.22. The largest absolute Gasteiger partial charge is 0.493 e.